The number of thiophene rings is 1. The maximum Gasteiger partial charge on any atom is 0.255 e. The average molecular weight is 329 g/mol. The maximum atomic E-state index is 13.1. The summed E-state index contributed by atoms with van der Waals surface area (Å²) in [5, 5.41) is 9.30. The second-order valence-corrected chi connectivity index (χ2v) is 8.08. The van der Waals surface area contributed by atoms with E-state index in [1.54, 1.807) is 17.5 Å². The molecular weight excluding hydrogens is 306 g/mol. The molecule has 0 spiro atoms. The Morgan fingerprint density at radius 3 is 3.04 bits per heavy atom. The Balaban J connectivity index is 1.58. The van der Waals surface area contributed by atoms with Crippen molar-refractivity contribution in [2.24, 2.45) is 0 Å². The number of aromatic amines is 1. The molecule has 0 saturated carbocycles. The lowest BCUT2D eigenvalue weighted by Gasteiger charge is -2.40. The number of fused-ring (bicyclic) bond motifs is 1. The van der Waals surface area contributed by atoms with E-state index in [9.17, 15) is 4.79 Å². The molecule has 1 atom stereocenters. The molecule has 1 amide bonds. The zero-order chi connectivity index (χ0) is 15.9. The summed E-state index contributed by atoms with van der Waals surface area (Å²) in [5.41, 5.74) is 3.43. The number of nitrogens with one attached hydrogen (secondary N) is 1. The number of hydrogen-bond acceptors (Lipinski definition) is 3. The van der Waals surface area contributed by atoms with Gasteiger partial charge in [0.05, 0.1) is 5.56 Å². The Hall–Kier alpha value is -1.62. The minimum atomic E-state index is -0.0134. The van der Waals surface area contributed by atoms with Crippen molar-refractivity contribution in [2.75, 3.05) is 13.1 Å². The molecule has 1 N–H and O–H groups in total. The third-order valence-electron chi connectivity index (χ3n) is 5.43. The van der Waals surface area contributed by atoms with E-state index in [4.69, 9.17) is 0 Å². The van der Waals surface area contributed by atoms with Gasteiger partial charge in [0, 0.05) is 40.7 Å². The van der Waals surface area contributed by atoms with E-state index in [-0.39, 0.29) is 11.3 Å². The van der Waals surface area contributed by atoms with Crippen LogP contribution in [0.25, 0.3) is 0 Å². The van der Waals surface area contributed by atoms with Crippen molar-refractivity contribution in [1.82, 2.24) is 15.1 Å². The first-order valence-electron chi connectivity index (χ1n) is 8.56. The fourth-order valence-corrected chi connectivity index (χ4v) is 5.19. The van der Waals surface area contributed by atoms with E-state index in [0.29, 0.717) is 0 Å². The van der Waals surface area contributed by atoms with Gasteiger partial charge in [-0.25, -0.2) is 0 Å². The van der Waals surface area contributed by atoms with Gasteiger partial charge in [0.25, 0.3) is 5.91 Å². The highest BCUT2D eigenvalue weighted by Crippen LogP contribution is 2.35. The Morgan fingerprint density at radius 1 is 1.35 bits per heavy atom. The van der Waals surface area contributed by atoms with Gasteiger partial charge in [0.15, 0.2) is 0 Å². The molecule has 3 heterocycles. The van der Waals surface area contributed by atoms with Crippen molar-refractivity contribution < 1.29 is 4.79 Å². The fourth-order valence-electron chi connectivity index (χ4n) is 4.07. The van der Waals surface area contributed by atoms with Gasteiger partial charge in [-0.1, -0.05) is 6.92 Å². The van der Waals surface area contributed by atoms with Crippen LogP contribution in [0.1, 0.15) is 59.1 Å². The van der Waals surface area contributed by atoms with Gasteiger partial charge in [-0.15, -0.1) is 11.3 Å². The minimum absolute atomic E-state index is 0.0134. The van der Waals surface area contributed by atoms with Crippen molar-refractivity contribution in [3.05, 3.63) is 39.3 Å². The van der Waals surface area contributed by atoms with E-state index in [0.717, 1.165) is 50.0 Å². The fraction of sp³-hybridized carbons (Fsp3) is 0.556. The average Bonchev–Trinajstić information content (AvgIpc) is 3.24. The summed E-state index contributed by atoms with van der Waals surface area (Å²) in [6.45, 7) is 3.88. The van der Waals surface area contributed by atoms with Gasteiger partial charge in [0.2, 0.25) is 0 Å². The SMILES string of the molecule is CC1(c2ccn[nH]2)CCCN(C(=O)c2csc3c2CCCC3)C1. The number of hydrogen-bond donors (Lipinski definition) is 1. The predicted molar refractivity (Wildman–Crippen MR) is 92.0 cm³/mol. The lowest BCUT2D eigenvalue weighted by atomic mass is 9.79. The number of aromatic nitrogens is 2. The lowest BCUT2D eigenvalue weighted by Crippen LogP contribution is -2.47. The van der Waals surface area contributed by atoms with Gasteiger partial charge < -0.3 is 4.90 Å². The molecule has 2 aliphatic rings. The molecule has 122 valence electrons. The number of piperidine rings is 1. The van der Waals surface area contributed by atoms with Crippen LogP contribution >= 0.6 is 11.3 Å². The topological polar surface area (TPSA) is 49.0 Å². The van der Waals surface area contributed by atoms with Crippen LogP contribution in [0.3, 0.4) is 0 Å². The number of H-pyrrole nitrogens is 1. The van der Waals surface area contributed by atoms with Crippen LogP contribution < -0.4 is 0 Å². The number of aryl methyl sites for hydroxylation is 1. The Labute approximate surface area is 140 Å². The molecule has 4 rings (SSSR count). The third-order valence-corrected chi connectivity index (χ3v) is 6.51. The molecular formula is C18H23N3OS. The molecule has 1 fully saturated rings. The Morgan fingerprint density at radius 2 is 2.22 bits per heavy atom. The van der Waals surface area contributed by atoms with Crippen molar-refractivity contribution in [2.45, 2.75) is 50.9 Å². The van der Waals surface area contributed by atoms with Crippen LogP contribution in [-0.4, -0.2) is 34.1 Å². The van der Waals surface area contributed by atoms with Crippen LogP contribution in [0.5, 0.6) is 0 Å². The van der Waals surface area contributed by atoms with Crippen molar-refractivity contribution in [3.8, 4) is 0 Å². The van der Waals surface area contributed by atoms with Gasteiger partial charge in [-0.3, -0.25) is 9.89 Å². The number of rotatable bonds is 2. The summed E-state index contributed by atoms with van der Waals surface area (Å²) in [6, 6.07) is 2.04. The highest BCUT2D eigenvalue weighted by Gasteiger charge is 2.36. The summed E-state index contributed by atoms with van der Waals surface area (Å²) in [4.78, 5) is 16.6. The molecule has 2 aromatic heterocycles. The molecule has 1 aliphatic heterocycles. The maximum absolute atomic E-state index is 13.1. The molecule has 0 bridgehead atoms. The molecule has 0 radical (unpaired) electrons. The molecule has 0 aromatic carbocycles. The van der Waals surface area contributed by atoms with Gasteiger partial charge >= 0.3 is 0 Å². The van der Waals surface area contributed by atoms with Gasteiger partial charge in [-0.2, -0.15) is 5.10 Å². The molecule has 23 heavy (non-hydrogen) atoms. The highest BCUT2D eigenvalue weighted by molar-refractivity contribution is 7.10. The second kappa shape index (κ2) is 5.78. The summed E-state index contributed by atoms with van der Waals surface area (Å²) < 4.78 is 0. The standard InChI is InChI=1S/C18H23N3OS/c1-18(16-7-9-19-20-16)8-4-10-21(12-18)17(22)14-11-23-15-6-3-2-5-13(14)15/h7,9,11H,2-6,8,10,12H2,1H3,(H,19,20). The predicted octanol–water partition coefficient (Wildman–Crippen LogP) is 3.54. The van der Waals surface area contributed by atoms with E-state index in [1.165, 1.54) is 23.3 Å². The van der Waals surface area contributed by atoms with E-state index < -0.39 is 0 Å². The van der Waals surface area contributed by atoms with Crippen LogP contribution in [0.4, 0.5) is 0 Å². The number of carbonyl (C=O) groups excluding carboxylic acids is 1. The summed E-state index contributed by atoms with van der Waals surface area (Å²) in [6.07, 6.45) is 8.66. The lowest BCUT2D eigenvalue weighted by molar-refractivity contribution is 0.0647. The van der Waals surface area contributed by atoms with Crippen LogP contribution in [0.15, 0.2) is 17.6 Å². The first-order valence-corrected chi connectivity index (χ1v) is 9.44. The third kappa shape index (κ3) is 2.61. The molecule has 2 aromatic rings. The van der Waals surface area contributed by atoms with Crippen LogP contribution in [-0.2, 0) is 18.3 Å². The normalized spacial score (nSPS) is 24.5. The molecule has 1 saturated heterocycles. The number of amides is 1. The summed E-state index contributed by atoms with van der Waals surface area (Å²) >= 11 is 1.78. The van der Waals surface area contributed by atoms with Gasteiger partial charge in [0.1, 0.15) is 0 Å². The van der Waals surface area contributed by atoms with E-state index in [1.807, 2.05) is 6.07 Å². The number of likely N-dealkylation sites (tertiary alicyclic amines) is 1. The van der Waals surface area contributed by atoms with Crippen LogP contribution in [0.2, 0.25) is 0 Å². The highest BCUT2D eigenvalue weighted by atomic mass is 32.1. The van der Waals surface area contributed by atoms with E-state index in [2.05, 4.69) is 27.4 Å². The van der Waals surface area contributed by atoms with E-state index >= 15 is 0 Å². The monoisotopic (exact) mass is 329 g/mol. The van der Waals surface area contributed by atoms with Crippen LogP contribution in [0, 0.1) is 0 Å². The number of carbonyl (C=O) groups is 1. The number of nitrogens with zero attached hydrogens (tertiary/aromatic N) is 2. The summed E-state index contributed by atoms with van der Waals surface area (Å²) in [5.74, 6) is 0.231. The first-order chi connectivity index (χ1) is 11.2. The Kier molecular flexibility index (Phi) is 3.76. The molecule has 1 unspecified atom stereocenters. The smallest absolute Gasteiger partial charge is 0.255 e. The van der Waals surface area contributed by atoms with Crippen molar-refractivity contribution in [1.29, 1.82) is 0 Å². The van der Waals surface area contributed by atoms with Gasteiger partial charge in [-0.05, 0) is 50.2 Å². The first kappa shape index (κ1) is 14.9. The molecule has 1 aliphatic carbocycles. The quantitative estimate of drug-likeness (QED) is 0.916. The largest absolute Gasteiger partial charge is 0.338 e. The van der Waals surface area contributed by atoms with Crippen molar-refractivity contribution >= 4 is 17.2 Å². The second-order valence-electron chi connectivity index (χ2n) is 7.12. The minimum Gasteiger partial charge on any atom is -0.338 e. The molecule has 4 nitrogen and oxygen atoms in total. The van der Waals surface area contributed by atoms with Crippen molar-refractivity contribution in [3.63, 3.8) is 0 Å². The zero-order valence-electron chi connectivity index (χ0n) is 13.6. The zero-order valence-corrected chi connectivity index (χ0v) is 14.4. The summed E-state index contributed by atoms with van der Waals surface area (Å²) in [7, 11) is 0. The Bertz CT molecular complexity index is 706. The molecule has 5 heteroatoms.